The number of pyridine rings is 1. The molecule has 0 saturated heterocycles. The zero-order valence-corrected chi connectivity index (χ0v) is 16.3. The summed E-state index contributed by atoms with van der Waals surface area (Å²) in [5.74, 6) is -6.60. The Morgan fingerprint density at radius 2 is 1.90 bits per heavy atom. The molecule has 8 nitrogen and oxygen atoms in total. The van der Waals surface area contributed by atoms with Crippen LogP contribution in [-0.2, 0) is 9.59 Å². The number of likely N-dealkylation sites (N-methyl/N-ethyl adjacent to an activating group) is 1. The highest BCUT2D eigenvalue weighted by molar-refractivity contribution is 6.30. The van der Waals surface area contributed by atoms with Crippen LogP contribution in [0.1, 0.15) is 23.2 Å². The van der Waals surface area contributed by atoms with Crippen molar-refractivity contribution in [2.75, 3.05) is 43.0 Å². The number of aliphatic carboxylic acids is 1. The minimum Gasteiger partial charge on any atom is -0.480 e. The van der Waals surface area contributed by atoms with Crippen molar-refractivity contribution in [3.05, 3.63) is 28.6 Å². The lowest BCUT2D eigenvalue weighted by atomic mass is 9.92. The van der Waals surface area contributed by atoms with Gasteiger partial charge in [-0.1, -0.05) is 0 Å². The molecule has 0 radical (unpaired) electrons. The molecule has 4 aliphatic rings. The molecule has 1 N–H and O–H groups in total. The Morgan fingerprint density at radius 1 is 1.20 bits per heavy atom. The van der Waals surface area contributed by atoms with Gasteiger partial charge in [-0.2, -0.15) is 0 Å². The Balaban J connectivity index is 1.55. The largest absolute Gasteiger partial charge is 0.480 e. The Bertz CT molecular complexity index is 1030. The second-order valence-electron chi connectivity index (χ2n) is 8.38. The van der Waals surface area contributed by atoms with E-state index in [0.717, 1.165) is 30.5 Å². The molecule has 5 rings (SSSR count). The molecule has 1 aromatic rings. The van der Waals surface area contributed by atoms with E-state index in [9.17, 15) is 28.3 Å². The van der Waals surface area contributed by atoms with Crippen LogP contribution in [0.25, 0.3) is 0 Å². The summed E-state index contributed by atoms with van der Waals surface area (Å²) in [7, 11) is 2.02. The number of nitrogens with zero attached hydrogens (tertiary/aromatic N) is 4. The molecule has 3 atom stereocenters. The lowest BCUT2D eigenvalue weighted by Crippen LogP contribution is -2.50. The quantitative estimate of drug-likeness (QED) is 0.578. The SMILES string of the molecule is CN1CCC2=C(C1)CN(c1nc3c(cc1F)C(=O)C(C(=O)O)C(=O)N3[C@@H]1C[C@@H]1F)C2. The fourth-order valence-electron chi connectivity index (χ4n) is 4.56. The summed E-state index contributed by atoms with van der Waals surface area (Å²) in [6.07, 6.45) is -0.411. The highest BCUT2D eigenvalue weighted by atomic mass is 19.1. The third-order valence-corrected chi connectivity index (χ3v) is 6.26. The maximum atomic E-state index is 15.0. The number of fused-ring (bicyclic) bond motifs is 1. The van der Waals surface area contributed by atoms with E-state index < -0.39 is 41.6 Å². The number of carboxylic acid groups (broad SMARTS) is 1. The van der Waals surface area contributed by atoms with Gasteiger partial charge in [0.15, 0.2) is 23.3 Å². The highest BCUT2D eigenvalue weighted by Crippen LogP contribution is 2.42. The molecule has 1 aromatic heterocycles. The van der Waals surface area contributed by atoms with Crippen LogP contribution in [0.4, 0.5) is 20.4 Å². The highest BCUT2D eigenvalue weighted by Gasteiger charge is 2.54. The topological polar surface area (TPSA) is 94.0 Å². The Morgan fingerprint density at radius 3 is 2.57 bits per heavy atom. The second kappa shape index (κ2) is 6.56. The summed E-state index contributed by atoms with van der Waals surface area (Å²) < 4.78 is 28.8. The van der Waals surface area contributed by atoms with Crippen LogP contribution < -0.4 is 9.80 Å². The van der Waals surface area contributed by atoms with Crippen molar-refractivity contribution in [1.82, 2.24) is 9.88 Å². The molecular weight excluding hydrogens is 398 g/mol. The fourth-order valence-corrected chi connectivity index (χ4v) is 4.56. The van der Waals surface area contributed by atoms with Gasteiger partial charge in [-0.15, -0.1) is 0 Å². The van der Waals surface area contributed by atoms with Crippen molar-refractivity contribution < 1.29 is 28.3 Å². The van der Waals surface area contributed by atoms with Crippen LogP contribution in [-0.4, -0.2) is 78.1 Å². The summed E-state index contributed by atoms with van der Waals surface area (Å²) in [5.41, 5.74) is 2.13. The van der Waals surface area contributed by atoms with Crippen molar-refractivity contribution in [1.29, 1.82) is 0 Å². The van der Waals surface area contributed by atoms with Crippen molar-refractivity contribution in [3.8, 4) is 0 Å². The lowest BCUT2D eigenvalue weighted by molar-refractivity contribution is -0.144. The number of anilines is 2. The monoisotopic (exact) mass is 418 g/mol. The molecule has 0 spiro atoms. The first-order valence-corrected chi connectivity index (χ1v) is 9.84. The van der Waals surface area contributed by atoms with E-state index in [-0.39, 0.29) is 23.6 Å². The van der Waals surface area contributed by atoms with E-state index in [4.69, 9.17) is 0 Å². The predicted octanol–water partition coefficient (Wildman–Crippen LogP) is 1.01. The molecule has 0 bridgehead atoms. The van der Waals surface area contributed by atoms with Gasteiger partial charge in [0.05, 0.1) is 11.6 Å². The zero-order valence-electron chi connectivity index (χ0n) is 16.3. The standard InChI is InChI=1S/C20H20F2N4O4/c1-24-3-2-9-7-25(8-10(9)6-24)18-13(22)4-11-16(27)15(20(29)30)19(28)26(17(11)23-18)14-5-12(14)21/h4,12,14-15H,2-3,5-8H2,1H3,(H,29,30)/t12-,14+,15?/m0/s1. The van der Waals surface area contributed by atoms with Crippen LogP contribution in [0.3, 0.4) is 0 Å². The normalized spacial score (nSPS) is 28.7. The first kappa shape index (κ1) is 19.1. The number of ketones is 1. The number of carbonyl (C=O) groups excluding carboxylic acids is 2. The first-order chi connectivity index (χ1) is 14.3. The van der Waals surface area contributed by atoms with E-state index in [1.54, 1.807) is 4.90 Å². The smallest absolute Gasteiger partial charge is 0.324 e. The molecule has 1 unspecified atom stereocenters. The zero-order chi connectivity index (χ0) is 21.3. The van der Waals surface area contributed by atoms with Crippen LogP contribution in [0, 0.1) is 11.7 Å². The van der Waals surface area contributed by atoms with Crippen LogP contribution in [0.15, 0.2) is 17.2 Å². The van der Waals surface area contributed by atoms with Crippen molar-refractivity contribution >= 4 is 29.3 Å². The minimum absolute atomic E-state index is 0.0127. The van der Waals surface area contributed by atoms with E-state index in [2.05, 4.69) is 9.88 Å². The third kappa shape index (κ3) is 2.81. The average molecular weight is 418 g/mol. The molecule has 1 amide bonds. The number of aromatic nitrogens is 1. The third-order valence-electron chi connectivity index (χ3n) is 6.26. The second-order valence-corrected chi connectivity index (χ2v) is 8.38. The minimum atomic E-state index is -2.01. The number of Topliss-reactive ketones (excluding diaryl/α,β-unsaturated/α-hetero) is 1. The maximum Gasteiger partial charge on any atom is 0.324 e. The van der Waals surface area contributed by atoms with Crippen LogP contribution in [0.5, 0.6) is 0 Å². The lowest BCUT2D eigenvalue weighted by Gasteiger charge is -2.32. The number of amides is 1. The van der Waals surface area contributed by atoms with E-state index >= 15 is 0 Å². The summed E-state index contributed by atoms with van der Waals surface area (Å²) in [6.45, 7) is 2.69. The number of halogens is 2. The summed E-state index contributed by atoms with van der Waals surface area (Å²) >= 11 is 0. The van der Waals surface area contributed by atoms with E-state index in [0.29, 0.717) is 13.1 Å². The van der Waals surface area contributed by atoms with Crippen LogP contribution >= 0.6 is 0 Å². The Labute approximate surface area is 170 Å². The summed E-state index contributed by atoms with van der Waals surface area (Å²) in [6, 6.07) is 0.0598. The predicted molar refractivity (Wildman–Crippen MR) is 102 cm³/mol. The van der Waals surface area contributed by atoms with Crippen molar-refractivity contribution in [3.63, 3.8) is 0 Å². The molecule has 3 aliphatic heterocycles. The van der Waals surface area contributed by atoms with Crippen molar-refractivity contribution in [2.45, 2.75) is 25.1 Å². The number of carboxylic acids is 1. The Kier molecular flexibility index (Phi) is 4.18. The van der Waals surface area contributed by atoms with Gasteiger partial charge in [-0.25, -0.2) is 13.8 Å². The number of carbonyl (C=O) groups is 3. The van der Waals surface area contributed by atoms with Gasteiger partial charge in [0.2, 0.25) is 0 Å². The molecular formula is C20H20F2N4O4. The van der Waals surface area contributed by atoms with Gasteiger partial charge >= 0.3 is 5.97 Å². The van der Waals surface area contributed by atoms with Gasteiger partial charge in [-0.05, 0) is 30.7 Å². The number of hydrogen-bond donors (Lipinski definition) is 1. The number of rotatable bonds is 3. The molecule has 1 fully saturated rings. The van der Waals surface area contributed by atoms with E-state index in [1.807, 2.05) is 7.05 Å². The average Bonchev–Trinajstić information content (AvgIpc) is 3.23. The molecule has 0 aromatic carbocycles. The molecule has 4 heterocycles. The van der Waals surface area contributed by atoms with Gasteiger partial charge in [0, 0.05) is 32.6 Å². The number of hydrogen-bond acceptors (Lipinski definition) is 6. The maximum absolute atomic E-state index is 15.0. The molecule has 30 heavy (non-hydrogen) atoms. The van der Waals surface area contributed by atoms with Gasteiger partial charge < -0.3 is 14.9 Å². The summed E-state index contributed by atoms with van der Waals surface area (Å²) in [5, 5.41) is 9.33. The number of alkyl halides is 1. The molecule has 1 aliphatic carbocycles. The molecule has 158 valence electrons. The summed E-state index contributed by atoms with van der Waals surface area (Å²) in [4.78, 5) is 46.0. The molecule has 1 saturated carbocycles. The van der Waals surface area contributed by atoms with E-state index in [1.165, 1.54) is 11.1 Å². The van der Waals surface area contributed by atoms with Crippen molar-refractivity contribution in [2.24, 2.45) is 5.92 Å². The Hall–Kier alpha value is -2.88. The van der Waals surface area contributed by atoms with Gasteiger partial charge in [-0.3, -0.25) is 19.3 Å². The first-order valence-electron chi connectivity index (χ1n) is 9.84. The van der Waals surface area contributed by atoms with Crippen LogP contribution in [0.2, 0.25) is 0 Å². The fraction of sp³-hybridized carbons (Fsp3) is 0.500. The molecule has 10 heteroatoms. The van der Waals surface area contributed by atoms with Gasteiger partial charge in [0.1, 0.15) is 12.0 Å². The van der Waals surface area contributed by atoms with Gasteiger partial charge in [0.25, 0.3) is 5.91 Å².